The van der Waals surface area contributed by atoms with Gasteiger partial charge in [0.25, 0.3) is 5.91 Å². The van der Waals surface area contributed by atoms with Crippen LogP contribution in [-0.2, 0) is 4.74 Å². The van der Waals surface area contributed by atoms with Gasteiger partial charge in [0, 0.05) is 23.8 Å². The third-order valence-electron chi connectivity index (χ3n) is 7.28. The van der Waals surface area contributed by atoms with Crippen LogP contribution >= 0.6 is 0 Å². The Hall–Kier alpha value is -2.04. The maximum atomic E-state index is 13.1. The van der Waals surface area contributed by atoms with Crippen LogP contribution < -0.4 is 4.90 Å². The predicted molar refractivity (Wildman–Crippen MR) is 103 cm³/mol. The van der Waals surface area contributed by atoms with Crippen LogP contribution in [0.5, 0.6) is 0 Å². The molecular weight excluding hydrogens is 340 g/mol. The Morgan fingerprint density at radius 1 is 1.07 bits per heavy atom. The second kappa shape index (κ2) is 6.84. The normalized spacial score (nSPS) is 32.4. The number of likely N-dealkylation sites (tertiary alicyclic amines) is 1. The Balaban J connectivity index is 1.26. The van der Waals surface area contributed by atoms with Crippen LogP contribution in [0.15, 0.2) is 24.3 Å². The molecule has 0 N–H and O–H groups in total. The van der Waals surface area contributed by atoms with Crippen molar-refractivity contribution >= 4 is 17.7 Å². The summed E-state index contributed by atoms with van der Waals surface area (Å²) in [5.74, 6) is 2.88. The smallest absolute Gasteiger partial charge is 0.414 e. The first-order chi connectivity index (χ1) is 13.2. The van der Waals surface area contributed by atoms with Crippen molar-refractivity contribution in [2.24, 2.45) is 17.8 Å². The molecule has 2 heterocycles. The Kier molecular flexibility index (Phi) is 4.33. The topological polar surface area (TPSA) is 49.9 Å². The minimum absolute atomic E-state index is 0.149. The van der Waals surface area contributed by atoms with Crippen LogP contribution in [0.25, 0.3) is 0 Å². The summed E-state index contributed by atoms with van der Waals surface area (Å²) < 4.78 is 4.99. The van der Waals surface area contributed by atoms with Gasteiger partial charge in [0.15, 0.2) is 0 Å². The van der Waals surface area contributed by atoms with E-state index in [1.807, 2.05) is 24.3 Å². The molecule has 0 radical (unpaired) electrons. The van der Waals surface area contributed by atoms with Crippen molar-refractivity contribution in [3.63, 3.8) is 0 Å². The fourth-order valence-corrected chi connectivity index (χ4v) is 5.94. The quantitative estimate of drug-likeness (QED) is 0.805. The molecule has 2 saturated heterocycles. The van der Waals surface area contributed by atoms with Crippen molar-refractivity contribution in [2.75, 3.05) is 24.6 Å². The lowest BCUT2D eigenvalue weighted by Crippen LogP contribution is -2.37. The van der Waals surface area contributed by atoms with Gasteiger partial charge in [0.1, 0.15) is 6.61 Å². The van der Waals surface area contributed by atoms with E-state index in [0.29, 0.717) is 19.2 Å². The number of cyclic esters (lactones) is 1. The summed E-state index contributed by atoms with van der Waals surface area (Å²) in [5, 5.41) is 0. The van der Waals surface area contributed by atoms with E-state index in [2.05, 4.69) is 4.90 Å². The van der Waals surface area contributed by atoms with E-state index in [9.17, 15) is 9.59 Å². The molecular formula is C22H28N2O3. The van der Waals surface area contributed by atoms with Crippen LogP contribution in [0.4, 0.5) is 10.5 Å². The number of carbonyl (C=O) groups is 2. The van der Waals surface area contributed by atoms with Gasteiger partial charge in [-0.3, -0.25) is 9.69 Å². The summed E-state index contributed by atoms with van der Waals surface area (Å²) in [5.41, 5.74) is 1.53. The first-order valence-corrected chi connectivity index (χ1v) is 10.5. The summed E-state index contributed by atoms with van der Waals surface area (Å²) >= 11 is 0. The lowest BCUT2D eigenvalue weighted by Gasteiger charge is -2.30. The highest BCUT2D eigenvalue weighted by Gasteiger charge is 2.42. The van der Waals surface area contributed by atoms with Gasteiger partial charge in [-0.15, -0.1) is 0 Å². The molecule has 4 unspecified atom stereocenters. The average molecular weight is 368 g/mol. The van der Waals surface area contributed by atoms with E-state index >= 15 is 0 Å². The van der Waals surface area contributed by atoms with Crippen molar-refractivity contribution in [3.8, 4) is 0 Å². The van der Waals surface area contributed by atoms with Gasteiger partial charge in [0.05, 0.1) is 6.54 Å². The van der Waals surface area contributed by atoms with Crippen LogP contribution in [0.1, 0.15) is 55.3 Å². The van der Waals surface area contributed by atoms with Crippen LogP contribution in [0.3, 0.4) is 0 Å². The van der Waals surface area contributed by atoms with E-state index in [1.54, 1.807) is 4.90 Å². The third-order valence-corrected chi connectivity index (χ3v) is 7.28. The largest absolute Gasteiger partial charge is 0.447 e. The first-order valence-electron chi connectivity index (χ1n) is 10.5. The molecule has 4 atom stereocenters. The molecule has 1 aromatic carbocycles. The van der Waals surface area contributed by atoms with Gasteiger partial charge in [-0.1, -0.05) is 6.42 Å². The molecule has 2 bridgehead atoms. The number of nitrogens with zero attached hydrogens (tertiary/aromatic N) is 2. The SMILES string of the molecule is O=C1OCCN1c1ccc(C(=O)N2CCCC2CC2CC3CCC2C3)cc1. The number of anilines is 1. The van der Waals surface area contributed by atoms with Gasteiger partial charge < -0.3 is 9.64 Å². The molecule has 27 heavy (non-hydrogen) atoms. The van der Waals surface area contributed by atoms with Crippen molar-refractivity contribution in [1.82, 2.24) is 4.90 Å². The number of benzene rings is 1. The van der Waals surface area contributed by atoms with E-state index < -0.39 is 0 Å². The number of ether oxygens (including phenoxy) is 1. The van der Waals surface area contributed by atoms with Gasteiger partial charge in [0.2, 0.25) is 0 Å². The van der Waals surface area contributed by atoms with Crippen molar-refractivity contribution in [1.29, 1.82) is 0 Å². The van der Waals surface area contributed by atoms with E-state index in [-0.39, 0.29) is 12.0 Å². The molecule has 1 aromatic rings. The summed E-state index contributed by atoms with van der Waals surface area (Å²) in [6.07, 6.45) is 8.84. The molecule has 0 aromatic heterocycles. The van der Waals surface area contributed by atoms with Crippen LogP contribution in [0, 0.1) is 17.8 Å². The zero-order valence-corrected chi connectivity index (χ0v) is 15.8. The maximum Gasteiger partial charge on any atom is 0.414 e. The summed E-state index contributed by atoms with van der Waals surface area (Å²) in [6.45, 7) is 1.88. The number of rotatable bonds is 4. The van der Waals surface area contributed by atoms with Crippen LogP contribution in [0.2, 0.25) is 0 Å². The Morgan fingerprint density at radius 3 is 2.59 bits per heavy atom. The number of fused-ring (bicyclic) bond motifs is 2. The molecule has 144 valence electrons. The average Bonchev–Trinajstić information content (AvgIpc) is 3.46. The number of hydrogen-bond donors (Lipinski definition) is 0. The molecule has 5 rings (SSSR count). The second-order valence-corrected chi connectivity index (χ2v) is 8.78. The molecule has 4 fully saturated rings. The summed E-state index contributed by atoms with van der Waals surface area (Å²) in [6, 6.07) is 7.85. The maximum absolute atomic E-state index is 13.1. The molecule has 5 heteroatoms. The number of hydrogen-bond acceptors (Lipinski definition) is 3. The van der Waals surface area contributed by atoms with Gasteiger partial charge in [-0.2, -0.15) is 0 Å². The monoisotopic (exact) mass is 368 g/mol. The second-order valence-electron chi connectivity index (χ2n) is 8.78. The number of carbonyl (C=O) groups excluding carboxylic acids is 2. The summed E-state index contributed by atoms with van der Waals surface area (Å²) in [4.78, 5) is 28.5. The van der Waals surface area contributed by atoms with Crippen molar-refractivity contribution in [3.05, 3.63) is 29.8 Å². The standard InChI is InChI=1S/C22H28N2O3/c25-21(16-5-7-19(8-6-16)24-10-11-27-22(24)26)23-9-1-2-20(23)14-18-13-15-3-4-17(18)12-15/h5-8,15,17-18,20H,1-4,9-14H2. The molecule has 2 amide bonds. The fourth-order valence-electron chi connectivity index (χ4n) is 5.94. The number of amides is 2. The van der Waals surface area contributed by atoms with Crippen molar-refractivity contribution < 1.29 is 14.3 Å². The highest BCUT2D eigenvalue weighted by molar-refractivity contribution is 5.96. The predicted octanol–water partition coefficient (Wildman–Crippen LogP) is 4.07. The van der Waals surface area contributed by atoms with Gasteiger partial charge in [-0.25, -0.2) is 4.79 Å². The molecule has 5 nitrogen and oxygen atoms in total. The van der Waals surface area contributed by atoms with Crippen LogP contribution in [-0.4, -0.2) is 42.6 Å². The van der Waals surface area contributed by atoms with E-state index in [1.165, 1.54) is 32.1 Å². The zero-order chi connectivity index (χ0) is 18.4. The third kappa shape index (κ3) is 3.11. The van der Waals surface area contributed by atoms with Gasteiger partial charge in [-0.05, 0) is 80.5 Å². The highest BCUT2D eigenvalue weighted by atomic mass is 16.6. The molecule has 2 saturated carbocycles. The lowest BCUT2D eigenvalue weighted by molar-refractivity contribution is 0.0707. The Morgan fingerprint density at radius 2 is 1.93 bits per heavy atom. The molecule has 4 aliphatic rings. The highest BCUT2D eigenvalue weighted by Crippen LogP contribution is 2.50. The Labute approximate surface area is 160 Å². The zero-order valence-electron chi connectivity index (χ0n) is 15.8. The van der Waals surface area contributed by atoms with Crippen molar-refractivity contribution in [2.45, 2.75) is 51.0 Å². The Bertz CT molecular complexity index is 732. The molecule has 2 aliphatic carbocycles. The van der Waals surface area contributed by atoms with Gasteiger partial charge >= 0.3 is 6.09 Å². The minimum atomic E-state index is -0.306. The lowest BCUT2D eigenvalue weighted by atomic mass is 9.83. The molecule has 2 aliphatic heterocycles. The summed E-state index contributed by atoms with van der Waals surface area (Å²) in [7, 11) is 0. The fraction of sp³-hybridized carbons (Fsp3) is 0.636. The first kappa shape index (κ1) is 17.1. The molecule has 0 spiro atoms. The van der Waals surface area contributed by atoms with E-state index in [4.69, 9.17) is 4.74 Å². The minimum Gasteiger partial charge on any atom is -0.447 e. The van der Waals surface area contributed by atoms with E-state index in [0.717, 1.165) is 48.4 Å².